The topological polar surface area (TPSA) is 61.8 Å². The van der Waals surface area contributed by atoms with Crippen LogP contribution in [-0.2, 0) is 19.1 Å². The predicted octanol–water partition coefficient (Wildman–Crippen LogP) is 3.19. The molecule has 0 radical (unpaired) electrons. The Morgan fingerprint density at radius 2 is 1.59 bits per heavy atom. The molecule has 0 bridgehead atoms. The Labute approximate surface area is 144 Å². The van der Waals surface area contributed by atoms with Gasteiger partial charge in [-0.1, -0.05) is 0 Å². The third-order valence-corrected chi connectivity index (χ3v) is 3.58. The molecular formula is C16H21IO5. The van der Waals surface area contributed by atoms with E-state index in [1.807, 2.05) is 24.3 Å². The van der Waals surface area contributed by atoms with Crippen molar-refractivity contribution in [3.63, 3.8) is 0 Å². The van der Waals surface area contributed by atoms with Gasteiger partial charge in [-0.15, -0.1) is 0 Å². The molecule has 0 aliphatic carbocycles. The fraction of sp³-hybridized carbons (Fsp3) is 0.500. The Kier molecular flexibility index (Phi) is 8.88. The Morgan fingerprint density at radius 1 is 1.05 bits per heavy atom. The third-order valence-electron chi connectivity index (χ3n) is 2.86. The van der Waals surface area contributed by atoms with E-state index in [1.54, 1.807) is 13.8 Å². The van der Waals surface area contributed by atoms with E-state index in [1.165, 1.54) is 0 Å². The number of benzene rings is 1. The summed E-state index contributed by atoms with van der Waals surface area (Å²) < 4.78 is 16.6. The van der Waals surface area contributed by atoms with Gasteiger partial charge < -0.3 is 14.2 Å². The summed E-state index contributed by atoms with van der Waals surface area (Å²) in [4.78, 5) is 23.6. The highest BCUT2D eigenvalue weighted by Gasteiger charge is 2.28. The summed E-state index contributed by atoms with van der Waals surface area (Å²) in [6, 6.07) is 7.68. The molecule has 0 aromatic heterocycles. The van der Waals surface area contributed by atoms with Crippen LogP contribution in [0.2, 0.25) is 0 Å². The Balaban J connectivity index is 2.43. The van der Waals surface area contributed by atoms with Crippen molar-refractivity contribution < 1.29 is 23.8 Å². The van der Waals surface area contributed by atoms with Gasteiger partial charge in [-0.25, -0.2) is 0 Å². The van der Waals surface area contributed by atoms with Crippen LogP contribution in [0, 0.1) is 9.49 Å². The minimum atomic E-state index is -0.875. The standard InChI is InChI=1S/C16H21IO5/c1-3-20-15(18)14(16(19)21-4-2)6-5-11-22-13-9-7-12(17)8-10-13/h7-10,14H,3-6,11H2,1-2H3. The Hall–Kier alpha value is -1.31. The van der Waals surface area contributed by atoms with Crippen molar-refractivity contribution in [3.05, 3.63) is 27.8 Å². The van der Waals surface area contributed by atoms with Crippen molar-refractivity contribution in [1.82, 2.24) is 0 Å². The van der Waals surface area contributed by atoms with E-state index < -0.39 is 17.9 Å². The SMILES string of the molecule is CCOC(=O)C(CCCOc1ccc(I)cc1)C(=O)OCC. The maximum absolute atomic E-state index is 11.8. The second kappa shape index (κ2) is 10.4. The first-order chi connectivity index (χ1) is 10.6. The minimum Gasteiger partial charge on any atom is -0.494 e. The van der Waals surface area contributed by atoms with Crippen LogP contribution in [0.5, 0.6) is 5.75 Å². The Bertz CT molecular complexity index is 454. The molecule has 0 spiro atoms. The normalized spacial score (nSPS) is 10.4. The van der Waals surface area contributed by atoms with Gasteiger partial charge in [0.25, 0.3) is 0 Å². The highest BCUT2D eigenvalue weighted by Crippen LogP contribution is 2.16. The molecule has 1 aromatic rings. The quantitative estimate of drug-likeness (QED) is 0.266. The summed E-state index contributed by atoms with van der Waals surface area (Å²) >= 11 is 2.22. The number of esters is 2. The van der Waals surface area contributed by atoms with Crippen LogP contribution in [0.4, 0.5) is 0 Å². The van der Waals surface area contributed by atoms with Gasteiger partial charge in [0.15, 0.2) is 5.92 Å². The average Bonchev–Trinajstić information content (AvgIpc) is 2.49. The maximum Gasteiger partial charge on any atom is 0.320 e. The highest BCUT2D eigenvalue weighted by atomic mass is 127. The molecule has 5 nitrogen and oxygen atoms in total. The van der Waals surface area contributed by atoms with Crippen molar-refractivity contribution in [1.29, 1.82) is 0 Å². The number of halogens is 1. The van der Waals surface area contributed by atoms with Gasteiger partial charge >= 0.3 is 11.9 Å². The molecule has 0 heterocycles. The van der Waals surface area contributed by atoms with E-state index in [0.29, 0.717) is 19.4 Å². The zero-order valence-electron chi connectivity index (χ0n) is 12.8. The van der Waals surface area contributed by atoms with Crippen LogP contribution in [0.15, 0.2) is 24.3 Å². The van der Waals surface area contributed by atoms with Crippen LogP contribution in [-0.4, -0.2) is 31.8 Å². The molecule has 0 aliphatic rings. The fourth-order valence-corrected chi connectivity index (χ4v) is 2.19. The van der Waals surface area contributed by atoms with Gasteiger partial charge in [0.2, 0.25) is 0 Å². The molecule has 1 rings (SSSR count). The van der Waals surface area contributed by atoms with Crippen molar-refractivity contribution in [2.45, 2.75) is 26.7 Å². The van der Waals surface area contributed by atoms with Crippen molar-refractivity contribution >= 4 is 34.5 Å². The van der Waals surface area contributed by atoms with Crippen molar-refractivity contribution in [2.24, 2.45) is 5.92 Å². The molecule has 0 N–H and O–H groups in total. The number of ether oxygens (including phenoxy) is 3. The van der Waals surface area contributed by atoms with Crippen molar-refractivity contribution in [2.75, 3.05) is 19.8 Å². The maximum atomic E-state index is 11.8. The van der Waals surface area contributed by atoms with Crippen molar-refractivity contribution in [3.8, 4) is 5.75 Å². The molecule has 6 heteroatoms. The molecule has 1 aromatic carbocycles. The lowest BCUT2D eigenvalue weighted by molar-refractivity contribution is -0.162. The Morgan fingerprint density at radius 3 is 2.09 bits per heavy atom. The largest absolute Gasteiger partial charge is 0.494 e. The predicted molar refractivity (Wildman–Crippen MR) is 90.6 cm³/mol. The first-order valence-corrected chi connectivity index (χ1v) is 8.38. The summed E-state index contributed by atoms with van der Waals surface area (Å²) in [5, 5.41) is 0. The van der Waals surface area contributed by atoms with E-state index in [2.05, 4.69) is 22.6 Å². The molecule has 122 valence electrons. The van der Waals surface area contributed by atoms with E-state index in [-0.39, 0.29) is 13.2 Å². The molecule has 0 saturated heterocycles. The van der Waals surface area contributed by atoms with Crippen LogP contribution in [0.25, 0.3) is 0 Å². The van der Waals surface area contributed by atoms with Crippen LogP contribution in [0.1, 0.15) is 26.7 Å². The number of hydrogen-bond donors (Lipinski definition) is 0. The number of hydrogen-bond acceptors (Lipinski definition) is 5. The molecule has 0 fully saturated rings. The minimum absolute atomic E-state index is 0.244. The van der Waals surface area contributed by atoms with E-state index in [0.717, 1.165) is 9.32 Å². The van der Waals surface area contributed by atoms with Gasteiger partial charge in [0, 0.05) is 3.57 Å². The molecule has 0 unspecified atom stereocenters. The molecule has 22 heavy (non-hydrogen) atoms. The van der Waals surface area contributed by atoms with Crippen LogP contribution < -0.4 is 4.74 Å². The lowest BCUT2D eigenvalue weighted by Gasteiger charge is -2.14. The molecule has 0 atom stereocenters. The average molecular weight is 420 g/mol. The fourth-order valence-electron chi connectivity index (χ4n) is 1.83. The highest BCUT2D eigenvalue weighted by molar-refractivity contribution is 14.1. The number of carbonyl (C=O) groups is 2. The number of carbonyl (C=O) groups excluding carboxylic acids is 2. The van der Waals surface area contributed by atoms with Gasteiger partial charge in [0.1, 0.15) is 5.75 Å². The van der Waals surface area contributed by atoms with Crippen LogP contribution in [0.3, 0.4) is 0 Å². The lowest BCUT2D eigenvalue weighted by atomic mass is 10.0. The monoisotopic (exact) mass is 420 g/mol. The first-order valence-electron chi connectivity index (χ1n) is 7.30. The lowest BCUT2D eigenvalue weighted by Crippen LogP contribution is -2.28. The molecular weight excluding hydrogens is 399 g/mol. The summed E-state index contributed by atoms with van der Waals surface area (Å²) in [7, 11) is 0. The summed E-state index contributed by atoms with van der Waals surface area (Å²) in [5.41, 5.74) is 0. The zero-order valence-corrected chi connectivity index (χ0v) is 15.0. The molecule has 0 aliphatic heterocycles. The van der Waals surface area contributed by atoms with Gasteiger partial charge in [-0.3, -0.25) is 9.59 Å². The van der Waals surface area contributed by atoms with E-state index >= 15 is 0 Å². The third kappa shape index (κ3) is 6.64. The van der Waals surface area contributed by atoms with E-state index in [9.17, 15) is 9.59 Å². The first kappa shape index (κ1) is 18.7. The summed E-state index contributed by atoms with van der Waals surface area (Å²) in [6.45, 7) is 4.33. The molecule has 0 saturated carbocycles. The second-order valence-corrected chi connectivity index (χ2v) is 5.75. The zero-order chi connectivity index (χ0) is 16.4. The second-order valence-electron chi connectivity index (χ2n) is 4.50. The smallest absolute Gasteiger partial charge is 0.320 e. The van der Waals surface area contributed by atoms with Gasteiger partial charge in [-0.2, -0.15) is 0 Å². The summed E-state index contributed by atoms with van der Waals surface area (Å²) in [6.07, 6.45) is 0.913. The number of rotatable bonds is 9. The van der Waals surface area contributed by atoms with Gasteiger partial charge in [0.05, 0.1) is 19.8 Å². The van der Waals surface area contributed by atoms with Gasteiger partial charge in [-0.05, 0) is 73.5 Å². The molecule has 0 amide bonds. The van der Waals surface area contributed by atoms with Crippen LogP contribution >= 0.6 is 22.6 Å². The van der Waals surface area contributed by atoms with E-state index in [4.69, 9.17) is 14.2 Å². The summed E-state index contributed by atoms with van der Waals surface area (Å²) in [5.74, 6) is -1.17.